The zero-order valence-corrected chi connectivity index (χ0v) is 20.2. The quantitative estimate of drug-likeness (QED) is 0.400. The van der Waals surface area contributed by atoms with Gasteiger partial charge >= 0.3 is 0 Å². The molecule has 0 bridgehead atoms. The van der Waals surface area contributed by atoms with E-state index in [4.69, 9.17) is 5.73 Å². The Balaban J connectivity index is 1.71. The van der Waals surface area contributed by atoms with Gasteiger partial charge in [0, 0.05) is 11.5 Å². The van der Waals surface area contributed by atoms with Gasteiger partial charge in [0.15, 0.2) is 11.4 Å². The summed E-state index contributed by atoms with van der Waals surface area (Å²) in [5.41, 5.74) is 5.34. The molecule has 1 amide bonds. The van der Waals surface area contributed by atoms with Crippen LogP contribution in [0.5, 0.6) is 5.75 Å². The molecule has 0 saturated carbocycles. The first kappa shape index (κ1) is 24.0. The number of primary amides is 1. The maximum Gasteiger partial charge on any atom is 0.255 e. The summed E-state index contributed by atoms with van der Waals surface area (Å²) in [6.07, 6.45) is 5.11. The van der Waals surface area contributed by atoms with Crippen molar-refractivity contribution in [2.45, 2.75) is 37.8 Å². The summed E-state index contributed by atoms with van der Waals surface area (Å²) in [7, 11) is 3.21. The van der Waals surface area contributed by atoms with Crippen molar-refractivity contribution in [3.05, 3.63) is 69.2 Å². The van der Waals surface area contributed by atoms with Crippen molar-refractivity contribution < 1.29 is 34.8 Å². The van der Waals surface area contributed by atoms with Gasteiger partial charge in [0.1, 0.15) is 22.8 Å². The highest BCUT2D eigenvalue weighted by atomic mass is 16.3. The molecule has 5 rings (SSSR count). The lowest BCUT2D eigenvalue weighted by atomic mass is 9.58. The van der Waals surface area contributed by atoms with Gasteiger partial charge in [-0.2, -0.15) is 0 Å². The van der Waals surface area contributed by atoms with E-state index in [9.17, 15) is 34.8 Å². The van der Waals surface area contributed by atoms with Crippen LogP contribution in [-0.2, 0) is 16.0 Å². The number of fused-ring (bicyclic) bond motifs is 3. The van der Waals surface area contributed by atoms with Crippen molar-refractivity contribution in [3.8, 4) is 5.75 Å². The summed E-state index contributed by atoms with van der Waals surface area (Å²) in [4.78, 5) is 40.6. The molecule has 4 aliphatic carbocycles. The largest absolute Gasteiger partial charge is 0.510 e. The summed E-state index contributed by atoms with van der Waals surface area (Å²) in [6.45, 7) is 1.98. The van der Waals surface area contributed by atoms with Crippen LogP contribution in [0.4, 0.5) is 0 Å². The number of aromatic hydroxyl groups is 1. The van der Waals surface area contributed by atoms with Crippen LogP contribution in [0.25, 0.3) is 5.57 Å². The second-order valence-electron chi connectivity index (χ2n) is 10.3. The number of hydrogen-bond donors (Lipinski definition) is 5. The van der Waals surface area contributed by atoms with Gasteiger partial charge in [-0.15, -0.1) is 0 Å². The number of carbonyl (C=O) groups is 3. The van der Waals surface area contributed by atoms with E-state index in [1.807, 2.05) is 13.0 Å². The van der Waals surface area contributed by atoms with Crippen LogP contribution >= 0.6 is 0 Å². The Morgan fingerprint density at radius 3 is 2.44 bits per heavy atom. The molecular weight excluding hydrogens is 464 g/mol. The third-order valence-electron chi connectivity index (χ3n) is 8.00. The normalized spacial score (nSPS) is 29.6. The van der Waals surface area contributed by atoms with Crippen LogP contribution in [-0.4, -0.2) is 68.5 Å². The number of nitrogens with zero attached hydrogens (tertiary/aromatic N) is 1. The van der Waals surface area contributed by atoms with Crippen molar-refractivity contribution in [3.63, 3.8) is 0 Å². The summed E-state index contributed by atoms with van der Waals surface area (Å²) in [5, 5.41) is 44.4. The zero-order chi connectivity index (χ0) is 26.3. The van der Waals surface area contributed by atoms with Gasteiger partial charge in [-0.25, -0.2) is 0 Å². The number of phenolic OH excluding ortho intramolecular Hbond substituents is 1. The number of rotatable bonds is 3. The van der Waals surface area contributed by atoms with E-state index < -0.39 is 58.0 Å². The van der Waals surface area contributed by atoms with E-state index in [-0.39, 0.29) is 29.7 Å². The van der Waals surface area contributed by atoms with Crippen LogP contribution in [0.15, 0.2) is 52.5 Å². The first-order chi connectivity index (χ1) is 16.9. The lowest BCUT2D eigenvalue weighted by molar-refractivity contribution is -0.148. The minimum absolute atomic E-state index is 0.0266. The molecule has 0 spiro atoms. The fourth-order valence-electron chi connectivity index (χ4n) is 6.40. The highest BCUT2D eigenvalue weighted by Crippen LogP contribution is 2.53. The van der Waals surface area contributed by atoms with E-state index in [0.29, 0.717) is 12.0 Å². The van der Waals surface area contributed by atoms with Crippen LogP contribution in [0.3, 0.4) is 0 Å². The monoisotopic (exact) mass is 492 g/mol. The molecule has 4 atom stereocenters. The number of aliphatic hydroxyl groups excluding tert-OH is 2. The molecule has 1 aromatic rings. The smallest absolute Gasteiger partial charge is 0.255 e. The minimum Gasteiger partial charge on any atom is -0.510 e. The van der Waals surface area contributed by atoms with Gasteiger partial charge in [-0.3, -0.25) is 19.3 Å². The number of nitrogens with two attached hydrogens (primary N) is 1. The molecule has 0 unspecified atom stereocenters. The molecule has 36 heavy (non-hydrogen) atoms. The number of benzene rings is 1. The van der Waals surface area contributed by atoms with Gasteiger partial charge in [0.2, 0.25) is 5.78 Å². The van der Waals surface area contributed by atoms with Gasteiger partial charge in [0.05, 0.1) is 11.6 Å². The number of amides is 1. The Bertz CT molecular complexity index is 1380. The molecule has 4 aliphatic rings. The van der Waals surface area contributed by atoms with Crippen molar-refractivity contribution in [2.75, 3.05) is 14.1 Å². The van der Waals surface area contributed by atoms with E-state index >= 15 is 0 Å². The van der Waals surface area contributed by atoms with Crippen molar-refractivity contribution >= 4 is 23.0 Å². The number of allylic oxidation sites excluding steroid dienone is 5. The second-order valence-corrected chi connectivity index (χ2v) is 10.3. The number of Topliss-reactive ketones (excluding diaryl/α,β-unsaturated/α-hetero) is 2. The number of hydrogen-bond acceptors (Lipinski definition) is 8. The fraction of sp³-hybridized carbons (Fsp3) is 0.370. The second kappa shape index (κ2) is 7.91. The molecule has 9 heteroatoms. The average Bonchev–Trinajstić information content (AvgIpc) is 3.22. The van der Waals surface area contributed by atoms with E-state index in [1.165, 1.54) is 11.0 Å². The molecule has 0 aliphatic heterocycles. The predicted molar refractivity (Wildman–Crippen MR) is 130 cm³/mol. The van der Waals surface area contributed by atoms with Gasteiger partial charge in [0.25, 0.3) is 5.91 Å². The first-order valence-corrected chi connectivity index (χ1v) is 11.8. The van der Waals surface area contributed by atoms with E-state index in [0.717, 1.165) is 16.7 Å². The van der Waals surface area contributed by atoms with Crippen LogP contribution < -0.4 is 5.73 Å². The van der Waals surface area contributed by atoms with Gasteiger partial charge in [-0.1, -0.05) is 23.8 Å². The minimum atomic E-state index is -2.63. The topological polar surface area (TPSA) is 161 Å². The third kappa shape index (κ3) is 3.06. The Morgan fingerprint density at radius 2 is 1.86 bits per heavy atom. The van der Waals surface area contributed by atoms with Gasteiger partial charge in [-0.05, 0) is 69.0 Å². The third-order valence-corrected chi connectivity index (χ3v) is 8.00. The van der Waals surface area contributed by atoms with E-state index in [2.05, 4.69) is 6.08 Å². The molecule has 188 valence electrons. The van der Waals surface area contributed by atoms with Crippen molar-refractivity contribution in [2.24, 2.45) is 17.6 Å². The first-order valence-electron chi connectivity index (χ1n) is 11.8. The highest BCUT2D eigenvalue weighted by molar-refractivity contribution is 6.24. The molecule has 0 heterocycles. The van der Waals surface area contributed by atoms with Gasteiger partial charge < -0.3 is 26.2 Å². The maximum absolute atomic E-state index is 13.7. The lowest BCUT2D eigenvalue weighted by Crippen LogP contribution is -2.63. The molecule has 1 aromatic carbocycles. The Labute approximate surface area is 207 Å². The summed E-state index contributed by atoms with van der Waals surface area (Å²) < 4.78 is 0. The molecule has 0 fully saturated rings. The number of likely N-dealkylation sites (N-methyl/N-ethyl adjacent to an activating group) is 1. The summed E-state index contributed by atoms with van der Waals surface area (Å²) in [6, 6.07) is 2.19. The van der Waals surface area contributed by atoms with Crippen molar-refractivity contribution in [1.29, 1.82) is 0 Å². The maximum atomic E-state index is 13.7. The Kier molecular flexibility index (Phi) is 5.28. The van der Waals surface area contributed by atoms with E-state index in [1.54, 1.807) is 20.2 Å². The highest BCUT2D eigenvalue weighted by Gasteiger charge is 2.63. The Morgan fingerprint density at radius 1 is 1.17 bits per heavy atom. The van der Waals surface area contributed by atoms with Crippen LogP contribution in [0.2, 0.25) is 0 Å². The molecule has 0 radical (unpaired) electrons. The fourth-order valence-corrected chi connectivity index (χ4v) is 6.40. The zero-order valence-electron chi connectivity index (χ0n) is 20.2. The summed E-state index contributed by atoms with van der Waals surface area (Å²) in [5.74, 6) is -6.49. The molecular formula is C27H28N2O7. The molecule has 0 aromatic heterocycles. The lowest BCUT2D eigenvalue weighted by Gasteiger charge is -2.50. The number of phenols is 1. The number of aliphatic hydroxyl groups is 3. The average molecular weight is 493 g/mol. The molecule has 0 saturated heterocycles. The standard InChI is InChI=1S/C27H28N2O7/c1-11-4-5-12(8-11)14-6-7-17(30)19-15(14)9-13-10-16-21(29(2)3)23(32)20(26(28)35)25(34)27(16,36)24(33)18(13)22(19)31/h4,6-8,13,16,21,30,32-33,36H,5,9-10H2,1-3H3,(H2,28,35)/t13-,16-,21-,27-/m1/s1. The van der Waals surface area contributed by atoms with Crippen LogP contribution in [0, 0.1) is 11.8 Å². The molecule has 9 nitrogen and oxygen atoms in total. The van der Waals surface area contributed by atoms with Crippen molar-refractivity contribution in [1.82, 2.24) is 4.90 Å². The number of ketones is 2. The predicted octanol–water partition coefficient (Wildman–Crippen LogP) is 1.85. The summed E-state index contributed by atoms with van der Waals surface area (Å²) >= 11 is 0. The SMILES string of the molecule is CC1=CCC(c2ccc(O)c3c2C[C@@H]2C[C@@H]4[C@@H](N(C)C)C(O)=C(C(N)=O)C(=O)[C@]4(O)C(O)=C2C3=O)=C1. The van der Waals surface area contributed by atoms with Crippen LogP contribution in [0.1, 0.15) is 41.3 Å². The Hall–Kier alpha value is -3.69. The molecule has 6 N–H and O–H groups in total. The number of carbonyl (C=O) groups excluding carboxylic acids is 3.